The number of nitrogens with one attached hydrogen (secondary N) is 1. The van der Waals surface area contributed by atoms with Crippen LogP contribution in [-0.4, -0.2) is 72.8 Å². The lowest BCUT2D eigenvalue weighted by molar-refractivity contribution is -0.137. The molecule has 0 saturated carbocycles. The largest absolute Gasteiger partial charge is 0.418 e. The lowest BCUT2D eigenvalue weighted by Crippen LogP contribution is -2.51. The van der Waals surface area contributed by atoms with Crippen molar-refractivity contribution in [3.63, 3.8) is 0 Å². The predicted molar refractivity (Wildman–Crippen MR) is 133 cm³/mol. The van der Waals surface area contributed by atoms with E-state index in [2.05, 4.69) is 40.5 Å². The standard InChI is InChI=1S/C27H29F3N4O2/c1-32(18-25(35)31-24-12-5-4-11-23(24)27(28,29)30)19-26(36)34-15-13-33(14-16-34)17-21-9-6-8-20-7-2-3-10-22(20)21/h2-12H,13-19H2,1H3,(H,31,35). The zero-order valence-electron chi connectivity index (χ0n) is 20.1. The third kappa shape index (κ3) is 6.41. The first-order valence-corrected chi connectivity index (χ1v) is 11.8. The molecule has 9 heteroatoms. The van der Waals surface area contributed by atoms with Crippen molar-refractivity contribution in [1.29, 1.82) is 0 Å². The first kappa shape index (κ1) is 25.7. The second kappa shape index (κ2) is 11.1. The Morgan fingerprint density at radius 1 is 0.889 bits per heavy atom. The van der Waals surface area contributed by atoms with E-state index in [4.69, 9.17) is 0 Å². The molecular weight excluding hydrogens is 469 g/mol. The van der Waals surface area contributed by atoms with Crippen molar-refractivity contribution in [2.24, 2.45) is 0 Å². The summed E-state index contributed by atoms with van der Waals surface area (Å²) in [6, 6.07) is 19.4. The number of amides is 2. The Bertz CT molecular complexity index is 1220. The highest BCUT2D eigenvalue weighted by Crippen LogP contribution is 2.34. The fourth-order valence-electron chi connectivity index (χ4n) is 4.49. The van der Waals surface area contributed by atoms with E-state index >= 15 is 0 Å². The number of hydrogen-bond donors (Lipinski definition) is 1. The SMILES string of the molecule is CN(CC(=O)Nc1ccccc1C(F)(F)F)CC(=O)N1CCN(Cc2cccc3ccccc23)CC1. The van der Waals surface area contributed by atoms with Crippen LogP contribution in [0.2, 0.25) is 0 Å². The molecule has 2 amide bonds. The van der Waals surface area contributed by atoms with Crippen LogP contribution in [0.1, 0.15) is 11.1 Å². The van der Waals surface area contributed by atoms with Gasteiger partial charge in [0.15, 0.2) is 0 Å². The normalized spacial score (nSPS) is 14.9. The molecule has 1 fully saturated rings. The molecule has 1 N–H and O–H groups in total. The van der Waals surface area contributed by atoms with Crippen LogP contribution >= 0.6 is 0 Å². The van der Waals surface area contributed by atoms with Crippen molar-refractivity contribution >= 4 is 28.3 Å². The van der Waals surface area contributed by atoms with Gasteiger partial charge < -0.3 is 10.2 Å². The Balaban J connectivity index is 1.25. The number of nitrogens with zero attached hydrogens (tertiary/aromatic N) is 3. The molecule has 0 atom stereocenters. The Hall–Kier alpha value is -3.43. The van der Waals surface area contributed by atoms with E-state index in [1.165, 1.54) is 39.4 Å². The lowest BCUT2D eigenvalue weighted by Gasteiger charge is -2.35. The van der Waals surface area contributed by atoms with Crippen molar-refractivity contribution in [2.75, 3.05) is 51.6 Å². The minimum absolute atomic E-state index is 0.0116. The van der Waals surface area contributed by atoms with Crippen LogP contribution in [0, 0.1) is 0 Å². The summed E-state index contributed by atoms with van der Waals surface area (Å²) < 4.78 is 39.4. The van der Waals surface area contributed by atoms with Gasteiger partial charge in [0.1, 0.15) is 0 Å². The van der Waals surface area contributed by atoms with Crippen molar-refractivity contribution in [3.05, 3.63) is 77.9 Å². The number of piperazine rings is 1. The minimum atomic E-state index is -4.57. The quantitative estimate of drug-likeness (QED) is 0.534. The molecule has 0 radical (unpaired) electrons. The number of halogens is 3. The van der Waals surface area contributed by atoms with Crippen LogP contribution in [0.3, 0.4) is 0 Å². The van der Waals surface area contributed by atoms with E-state index in [-0.39, 0.29) is 24.7 Å². The van der Waals surface area contributed by atoms with Gasteiger partial charge in [0.05, 0.1) is 24.3 Å². The van der Waals surface area contributed by atoms with E-state index < -0.39 is 17.6 Å². The number of carbonyl (C=O) groups is 2. The zero-order valence-corrected chi connectivity index (χ0v) is 20.1. The second-order valence-electron chi connectivity index (χ2n) is 9.06. The minimum Gasteiger partial charge on any atom is -0.339 e. The molecule has 3 aromatic carbocycles. The first-order valence-electron chi connectivity index (χ1n) is 11.8. The van der Waals surface area contributed by atoms with Crippen LogP contribution in [0.5, 0.6) is 0 Å². The number of likely N-dealkylation sites (N-methyl/N-ethyl adjacent to an activating group) is 1. The number of para-hydroxylation sites is 1. The van der Waals surface area contributed by atoms with Gasteiger partial charge >= 0.3 is 6.18 Å². The van der Waals surface area contributed by atoms with Crippen LogP contribution in [0.15, 0.2) is 66.7 Å². The van der Waals surface area contributed by atoms with Crippen LogP contribution < -0.4 is 5.32 Å². The van der Waals surface area contributed by atoms with Gasteiger partial charge in [-0.15, -0.1) is 0 Å². The van der Waals surface area contributed by atoms with E-state index in [1.807, 2.05) is 12.1 Å². The zero-order chi connectivity index (χ0) is 25.7. The summed E-state index contributed by atoms with van der Waals surface area (Å²) in [5.74, 6) is -0.715. The number of rotatable bonds is 7. The highest BCUT2D eigenvalue weighted by Gasteiger charge is 2.33. The van der Waals surface area contributed by atoms with Crippen molar-refractivity contribution in [3.8, 4) is 0 Å². The molecule has 0 spiro atoms. The lowest BCUT2D eigenvalue weighted by atomic mass is 10.0. The summed E-state index contributed by atoms with van der Waals surface area (Å²) in [6.07, 6.45) is -4.57. The van der Waals surface area contributed by atoms with Crippen LogP contribution in [0.4, 0.5) is 18.9 Å². The fraction of sp³-hybridized carbons (Fsp3) is 0.333. The molecule has 0 aromatic heterocycles. The first-order chi connectivity index (χ1) is 17.2. The summed E-state index contributed by atoms with van der Waals surface area (Å²) >= 11 is 0. The van der Waals surface area contributed by atoms with Gasteiger partial charge in [-0.25, -0.2) is 0 Å². The molecule has 1 aliphatic rings. The fourth-order valence-corrected chi connectivity index (χ4v) is 4.49. The van der Waals surface area contributed by atoms with Gasteiger partial charge in [-0.2, -0.15) is 13.2 Å². The van der Waals surface area contributed by atoms with Crippen molar-refractivity contribution in [2.45, 2.75) is 12.7 Å². The molecule has 3 aromatic rings. The molecule has 1 heterocycles. The highest BCUT2D eigenvalue weighted by molar-refractivity contribution is 5.93. The van der Waals surface area contributed by atoms with Gasteiger partial charge in [-0.3, -0.25) is 19.4 Å². The molecule has 0 bridgehead atoms. The van der Waals surface area contributed by atoms with Gasteiger partial charge in [-0.1, -0.05) is 54.6 Å². The molecular formula is C27H29F3N4O2. The summed E-state index contributed by atoms with van der Waals surface area (Å²) in [6.45, 7) is 3.28. The predicted octanol–water partition coefficient (Wildman–Crippen LogP) is 4.07. The summed E-state index contributed by atoms with van der Waals surface area (Å²) in [4.78, 5) is 30.7. The third-order valence-corrected chi connectivity index (χ3v) is 6.32. The Kier molecular flexibility index (Phi) is 7.91. The maximum atomic E-state index is 13.1. The van der Waals surface area contributed by atoms with E-state index in [0.29, 0.717) is 13.1 Å². The maximum absolute atomic E-state index is 13.1. The molecule has 4 rings (SSSR count). The third-order valence-electron chi connectivity index (χ3n) is 6.32. The average molecular weight is 499 g/mol. The number of alkyl halides is 3. The van der Waals surface area contributed by atoms with Crippen molar-refractivity contribution < 1.29 is 22.8 Å². The molecule has 0 unspecified atom stereocenters. The summed E-state index contributed by atoms with van der Waals surface area (Å²) in [5, 5.41) is 4.75. The Labute approximate surface area is 208 Å². The van der Waals surface area contributed by atoms with E-state index in [0.717, 1.165) is 25.7 Å². The number of anilines is 1. The van der Waals surface area contributed by atoms with E-state index in [9.17, 15) is 22.8 Å². The molecule has 190 valence electrons. The van der Waals surface area contributed by atoms with Crippen LogP contribution in [0.25, 0.3) is 10.8 Å². The van der Waals surface area contributed by atoms with E-state index in [1.54, 1.807) is 11.9 Å². The van der Waals surface area contributed by atoms with Gasteiger partial charge in [0.25, 0.3) is 0 Å². The molecule has 6 nitrogen and oxygen atoms in total. The average Bonchev–Trinajstić information content (AvgIpc) is 2.84. The maximum Gasteiger partial charge on any atom is 0.418 e. The smallest absolute Gasteiger partial charge is 0.339 e. The number of hydrogen-bond acceptors (Lipinski definition) is 4. The molecule has 1 saturated heterocycles. The molecule has 0 aliphatic carbocycles. The topological polar surface area (TPSA) is 55.9 Å². The van der Waals surface area contributed by atoms with Crippen LogP contribution in [-0.2, 0) is 22.3 Å². The summed E-state index contributed by atoms with van der Waals surface area (Å²) in [7, 11) is 1.60. The van der Waals surface area contributed by atoms with Gasteiger partial charge in [0, 0.05) is 32.7 Å². The second-order valence-corrected chi connectivity index (χ2v) is 9.06. The number of fused-ring (bicyclic) bond motifs is 1. The monoisotopic (exact) mass is 498 g/mol. The van der Waals surface area contributed by atoms with Gasteiger partial charge in [0.2, 0.25) is 11.8 Å². The molecule has 36 heavy (non-hydrogen) atoms. The molecule has 1 aliphatic heterocycles. The van der Waals surface area contributed by atoms with Gasteiger partial charge in [-0.05, 0) is 35.5 Å². The number of benzene rings is 3. The Morgan fingerprint density at radius 2 is 1.56 bits per heavy atom. The van der Waals surface area contributed by atoms with Crippen molar-refractivity contribution in [1.82, 2.24) is 14.7 Å². The summed E-state index contributed by atoms with van der Waals surface area (Å²) in [5.41, 5.74) is 0.0567. The number of carbonyl (C=O) groups excluding carboxylic acids is 2. The highest BCUT2D eigenvalue weighted by atomic mass is 19.4. The Morgan fingerprint density at radius 3 is 2.31 bits per heavy atom.